The van der Waals surface area contributed by atoms with Crippen molar-refractivity contribution in [2.75, 3.05) is 5.73 Å². The number of pyridine rings is 1. The Bertz CT molecular complexity index is 872. The van der Waals surface area contributed by atoms with Gasteiger partial charge in [-0.1, -0.05) is 12.1 Å². The summed E-state index contributed by atoms with van der Waals surface area (Å²) in [6, 6.07) is 13.2. The molecule has 0 saturated carbocycles. The zero-order valence-electron chi connectivity index (χ0n) is 15.0. The number of hydrogen-bond donors (Lipinski definition) is 2. The van der Waals surface area contributed by atoms with E-state index in [0.717, 1.165) is 29.8 Å². The number of carbonyl (C=O) groups is 1. The molecular weight excluding hydrogens is 326 g/mol. The fourth-order valence-electron chi connectivity index (χ4n) is 2.82. The van der Waals surface area contributed by atoms with Gasteiger partial charge in [0.15, 0.2) is 0 Å². The van der Waals surface area contributed by atoms with Crippen molar-refractivity contribution in [3.05, 3.63) is 66.1 Å². The van der Waals surface area contributed by atoms with Crippen LogP contribution >= 0.6 is 0 Å². The molecule has 1 aromatic carbocycles. The summed E-state index contributed by atoms with van der Waals surface area (Å²) in [5.74, 6) is 0.433. The van der Waals surface area contributed by atoms with Crippen LogP contribution in [0.15, 0.2) is 54.9 Å². The Morgan fingerprint density at radius 3 is 2.65 bits per heavy atom. The van der Waals surface area contributed by atoms with E-state index in [9.17, 15) is 4.79 Å². The number of nitrogen functional groups attached to an aromatic ring is 1. The van der Waals surface area contributed by atoms with Gasteiger partial charge in [-0.2, -0.15) is 5.10 Å². The van der Waals surface area contributed by atoms with Gasteiger partial charge in [-0.05, 0) is 56.2 Å². The number of nitrogens with two attached hydrogens (primary N) is 1. The molecule has 1 atom stereocenters. The highest BCUT2D eigenvalue weighted by Gasteiger charge is 2.11. The molecule has 3 rings (SSSR count). The largest absolute Gasteiger partial charge is 0.384 e. The molecular formula is C20H23N5O. The first-order valence-electron chi connectivity index (χ1n) is 8.65. The number of hydrogen-bond acceptors (Lipinski definition) is 4. The number of nitrogens with one attached hydrogen (secondary N) is 1. The number of nitrogens with zero attached hydrogens (tertiary/aromatic N) is 3. The summed E-state index contributed by atoms with van der Waals surface area (Å²) in [4.78, 5) is 16.7. The minimum absolute atomic E-state index is 0.0647. The fourth-order valence-corrected chi connectivity index (χ4v) is 2.82. The van der Waals surface area contributed by atoms with Crippen molar-refractivity contribution in [1.29, 1.82) is 0 Å². The van der Waals surface area contributed by atoms with Crippen LogP contribution in [0.4, 0.5) is 5.82 Å². The van der Waals surface area contributed by atoms with Crippen molar-refractivity contribution < 1.29 is 4.79 Å². The lowest BCUT2D eigenvalue weighted by Gasteiger charge is -2.14. The maximum Gasteiger partial charge on any atom is 0.251 e. The third-order valence-corrected chi connectivity index (χ3v) is 4.29. The smallest absolute Gasteiger partial charge is 0.251 e. The second-order valence-corrected chi connectivity index (χ2v) is 6.38. The van der Waals surface area contributed by atoms with Crippen LogP contribution in [-0.2, 0) is 6.54 Å². The molecule has 0 aliphatic rings. The minimum Gasteiger partial charge on any atom is -0.384 e. The van der Waals surface area contributed by atoms with Gasteiger partial charge in [0, 0.05) is 41.8 Å². The minimum atomic E-state index is -0.0725. The molecule has 0 radical (unpaired) electrons. The van der Waals surface area contributed by atoms with Crippen molar-refractivity contribution in [1.82, 2.24) is 20.1 Å². The highest BCUT2D eigenvalue weighted by Crippen LogP contribution is 2.23. The Labute approximate surface area is 153 Å². The van der Waals surface area contributed by atoms with E-state index in [1.165, 1.54) is 0 Å². The highest BCUT2D eigenvalue weighted by atomic mass is 16.1. The van der Waals surface area contributed by atoms with Crippen LogP contribution < -0.4 is 11.1 Å². The first-order valence-corrected chi connectivity index (χ1v) is 8.65. The maximum atomic E-state index is 12.4. The summed E-state index contributed by atoms with van der Waals surface area (Å²) in [5.41, 5.74) is 9.24. The van der Waals surface area contributed by atoms with Gasteiger partial charge >= 0.3 is 0 Å². The maximum absolute atomic E-state index is 12.4. The molecule has 26 heavy (non-hydrogen) atoms. The van der Waals surface area contributed by atoms with Crippen LogP contribution in [-0.4, -0.2) is 26.7 Å². The predicted octanol–water partition coefficient (Wildman–Crippen LogP) is 3.04. The lowest BCUT2D eigenvalue weighted by Crippen LogP contribution is -2.33. The summed E-state index contributed by atoms with van der Waals surface area (Å²) >= 11 is 0. The molecule has 0 fully saturated rings. The molecule has 2 aromatic heterocycles. The molecule has 0 aliphatic heterocycles. The molecule has 0 bridgehead atoms. The number of benzene rings is 1. The summed E-state index contributed by atoms with van der Waals surface area (Å²) in [5, 5.41) is 7.20. The van der Waals surface area contributed by atoms with Crippen LogP contribution in [0.1, 0.15) is 29.4 Å². The van der Waals surface area contributed by atoms with E-state index in [0.29, 0.717) is 11.4 Å². The summed E-state index contributed by atoms with van der Waals surface area (Å²) in [6.07, 6.45) is 4.49. The summed E-state index contributed by atoms with van der Waals surface area (Å²) < 4.78 is 1.86. The second-order valence-electron chi connectivity index (χ2n) is 6.38. The fraction of sp³-hybridized carbons (Fsp3) is 0.250. The number of aromatic nitrogens is 3. The van der Waals surface area contributed by atoms with Gasteiger partial charge in [-0.3, -0.25) is 9.48 Å². The molecule has 3 aromatic rings. The van der Waals surface area contributed by atoms with E-state index in [4.69, 9.17) is 5.73 Å². The van der Waals surface area contributed by atoms with Crippen LogP contribution in [0.25, 0.3) is 11.1 Å². The quantitative estimate of drug-likeness (QED) is 0.716. The lowest BCUT2D eigenvalue weighted by atomic mass is 10.0. The van der Waals surface area contributed by atoms with Crippen molar-refractivity contribution >= 4 is 11.7 Å². The Morgan fingerprint density at radius 1 is 1.23 bits per heavy atom. The molecule has 134 valence electrons. The van der Waals surface area contributed by atoms with Gasteiger partial charge < -0.3 is 11.1 Å². The Kier molecular flexibility index (Phi) is 5.31. The topological polar surface area (TPSA) is 85.8 Å². The van der Waals surface area contributed by atoms with Crippen molar-refractivity contribution in [2.45, 2.75) is 32.9 Å². The monoisotopic (exact) mass is 349 g/mol. The van der Waals surface area contributed by atoms with E-state index < -0.39 is 0 Å². The van der Waals surface area contributed by atoms with Gasteiger partial charge in [0.05, 0.1) is 0 Å². The van der Waals surface area contributed by atoms with Gasteiger partial charge in [-0.25, -0.2) is 4.98 Å². The number of amides is 1. The normalized spacial score (nSPS) is 11.9. The van der Waals surface area contributed by atoms with E-state index >= 15 is 0 Å². The van der Waals surface area contributed by atoms with Gasteiger partial charge in [-0.15, -0.1) is 0 Å². The molecule has 6 nitrogen and oxygen atoms in total. The van der Waals surface area contributed by atoms with Crippen LogP contribution in [0, 0.1) is 6.92 Å². The number of rotatable bonds is 6. The molecule has 0 unspecified atom stereocenters. The van der Waals surface area contributed by atoms with Crippen LogP contribution in [0.3, 0.4) is 0 Å². The third-order valence-electron chi connectivity index (χ3n) is 4.29. The third kappa shape index (κ3) is 4.27. The zero-order valence-corrected chi connectivity index (χ0v) is 15.0. The van der Waals surface area contributed by atoms with E-state index in [1.807, 2.05) is 61.1 Å². The van der Waals surface area contributed by atoms with E-state index in [-0.39, 0.29) is 11.9 Å². The SMILES string of the molecule is Cc1nc(N)ccc1-c1ccc(C(=O)N[C@@H](C)CCn2cccn2)cc1. The molecule has 3 N–H and O–H groups in total. The Hall–Kier alpha value is -3.15. The average molecular weight is 349 g/mol. The highest BCUT2D eigenvalue weighted by molar-refractivity contribution is 5.94. The molecule has 0 saturated heterocycles. The predicted molar refractivity (Wildman–Crippen MR) is 103 cm³/mol. The lowest BCUT2D eigenvalue weighted by molar-refractivity contribution is 0.0937. The first-order chi connectivity index (χ1) is 12.5. The van der Waals surface area contributed by atoms with Crippen LogP contribution in [0.2, 0.25) is 0 Å². The van der Waals surface area contributed by atoms with Gasteiger partial charge in [0.2, 0.25) is 0 Å². The summed E-state index contributed by atoms with van der Waals surface area (Å²) in [7, 11) is 0. The van der Waals surface area contributed by atoms with Gasteiger partial charge in [0.1, 0.15) is 5.82 Å². The van der Waals surface area contributed by atoms with E-state index in [2.05, 4.69) is 15.4 Å². The zero-order chi connectivity index (χ0) is 18.5. The molecule has 0 aliphatic carbocycles. The molecule has 2 heterocycles. The molecule has 6 heteroatoms. The standard InChI is InChI=1S/C20H23N5O/c1-14(10-13-25-12-3-11-22-25)23-20(26)17-6-4-16(5-7-17)18-8-9-19(21)24-15(18)2/h3-9,11-12,14H,10,13H2,1-2H3,(H2,21,24)(H,23,26)/t14-/m0/s1. The first kappa shape index (κ1) is 17.7. The second kappa shape index (κ2) is 7.82. The number of aryl methyl sites for hydroxylation is 2. The van der Waals surface area contributed by atoms with Crippen molar-refractivity contribution in [3.63, 3.8) is 0 Å². The Balaban J connectivity index is 1.61. The Morgan fingerprint density at radius 2 is 2.00 bits per heavy atom. The molecule has 1 amide bonds. The van der Waals surface area contributed by atoms with Gasteiger partial charge in [0.25, 0.3) is 5.91 Å². The molecule has 0 spiro atoms. The number of anilines is 1. The van der Waals surface area contributed by atoms with Crippen molar-refractivity contribution in [2.24, 2.45) is 0 Å². The summed E-state index contributed by atoms with van der Waals surface area (Å²) in [6.45, 7) is 4.70. The van der Waals surface area contributed by atoms with Crippen molar-refractivity contribution in [3.8, 4) is 11.1 Å². The van der Waals surface area contributed by atoms with Crippen LogP contribution in [0.5, 0.6) is 0 Å². The number of carbonyl (C=O) groups excluding carboxylic acids is 1. The average Bonchev–Trinajstić information content (AvgIpc) is 3.14. The van der Waals surface area contributed by atoms with E-state index in [1.54, 1.807) is 12.3 Å².